The minimum absolute atomic E-state index is 0.0736. The Kier molecular flexibility index (Phi) is 7.29. The Morgan fingerprint density at radius 3 is 2.60 bits per heavy atom. The van der Waals surface area contributed by atoms with Crippen molar-refractivity contribution in [3.8, 4) is 5.75 Å². The zero-order valence-electron chi connectivity index (χ0n) is 16.5. The predicted octanol–water partition coefficient (Wildman–Crippen LogP) is 0.894. The maximum Gasteiger partial charge on any atom is 0.354 e. The van der Waals surface area contributed by atoms with Gasteiger partial charge in [0.2, 0.25) is 11.6 Å². The monoisotopic (exact) mass is 417 g/mol. The Hall–Kier alpha value is -3.51. The summed E-state index contributed by atoms with van der Waals surface area (Å²) in [6, 6.07) is 6.42. The number of hydrogen-bond acceptors (Lipinski definition) is 10. The van der Waals surface area contributed by atoms with Crippen LogP contribution in [0.2, 0.25) is 0 Å². The van der Waals surface area contributed by atoms with Gasteiger partial charge in [0, 0.05) is 31.7 Å². The number of carbonyl (C=O) groups is 1. The summed E-state index contributed by atoms with van der Waals surface area (Å²) in [5.41, 5.74) is 4.92. The van der Waals surface area contributed by atoms with Crippen LogP contribution in [0.1, 0.15) is 10.4 Å². The van der Waals surface area contributed by atoms with Crippen molar-refractivity contribution in [3.05, 3.63) is 46.3 Å². The molecule has 0 spiro atoms. The molecule has 3 N–H and O–H groups in total. The average molecular weight is 417 g/mol. The number of aromatic nitrogens is 2. The Morgan fingerprint density at radius 1 is 1.23 bits per heavy atom. The standard InChI is InChI=1S/C18H23N7O5/c1-29-14-4-2-13(3-5-14)18(26)23-22-17-15(25(27)28)16(20-12-21-17)19-6-7-24-8-10-30-11-9-24/h2-5,12H,6-11H2,1H3,(H,23,26)(H2,19,20,21,22). The Morgan fingerprint density at radius 2 is 1.93 bits per heavy atom. The molecule has 160 valence electrons. The summed E-state index contributed by atoms with van der Waals surface area (Å²) >= 11 is 0. The quantitative estimate of drug-likeness (QED) is 0.397. The van der Waals surface area contributed by atoms with Crippen LogP contribution in [-0.2, 0) is 4.74 Å². The number of hydrazine groups is 1. The maximum absolute atomic E-state index is 12.3. The van der Waals surface area contributed by atoms with E-state index in [4.69, 9.17) is 9.47 Å². The molecular weight excluding hydrogens is 394 g/mol. The van der Waals surface area contributed by atoms with Crippen molar-refractivity contribution >= 4 is 23.2 Å². The molecule has 12 nitrogen and oxygen atoms in total. The van der Waals surface area contributed by atoms with Crippen molar-refractivity contribution in [2.75, 3.05) is 57.2 Å². The fourth-order valence-electron chi connectivity index (χ4n) is 2.86. The minimum atomic E-state index is -0.598. The highest BCUT2D eigenvalue weighted by Crippen LogP contribution is 2.28. The highest BCUT2D eigenvalue weighted by atomic mass is 16.6. The van der Waals surface area contributed by atoms with E-state index < -0.39 is 10.8 Å². The summed E-state index contributed by atoms with van der Waals surface area (Å²) in [7, 11) is 1.53. The van der Waals surface area contributed by atoms with Crippen LogP contribution in [0.25, 0.3) is 0 Å². The second-order valence-corrected chi connectivity index (χ2v) is 6.37. The summed E-state index contributed by atoms with van der Waals surface area (Å²) in [6.45, 7) is 4.15. The molecule has 1 saturated heterocycles. The van der Waals surface area contributed by atoms with Crippen LogP contribution in [0.15, 0.2) is 30.6 Å². The van der Waals surface area contributed by atoms with Crippen molar-refractivity contribution in [1.29, 1.82) is 0 Å². The zero-order chi connectivity index (χ0) is 21.3. The minimum Gasteiger partial charge on any atom is -0.497 e. The molecule has 0 unspecified atom stereocenters. The summed E-state index contributed by atoms with van der Waals surface area (Å²) in [4.78, 5) is 33.3. The first-order valence-electron chi connectivity index (χ1n) is 9.32. The molecule has 1 aliphatic heterocycles. The number of amides is 1. The number of methoxy groups -OCH3 is 1. The molecule has 0 radical (unpaired) electrons. The first-order chi connectivity index (χ1) is 14.6. The fraction of sp³-hybridized carbons (Fsp3) is 0.389. The molecule has 0 aliphatic carbocycles. The van der Waals surface area contributed by atoms with Crippen molar-refractivity contribution in [1.82, 2.24) is 20.3 Å². The van der Waals surface area contributed by atoms with Gasteiger partial charge in [0.25, 0.3) is 5.91 Å². The summed E-state index contributed by atoms with van der Waals surface area (Å²) in [5, 5.41) is 14.6. The third-order valence-electron chi connectivity index (χ3n) is 4.48. The Balaban J connectivity index is 1.62. The molecule has 0 bridgehead atoms. The molecule has 1 amide bonds. The highest BCUT2D eigenvalue weighted by Gasteiger charge is 2.23. The summed E-state index contributed by atoms with van der Waals surface area (Å²) in [6.07, 6.45) is 1.19. The maximum atomic E-state index is 12.3. The van der Waals surface area contributed by atoms with Gasteiger partial charge in [-0.05, 0) is 24.3 Å². The van der Waals surface area contributed by atoms with Crippen LogP contribution >= 0.6 is 0 Å². The Labute approximate surface area is 172 Å². The molecule has 0 atom stereocenters. The molecule has 1 aromatic carbocycles. The van der Waals surface area contributed by atoms with E-state index in [2.05, 4.69) is 31.0 Å². The van der Waals surface area contributed by atoms with Crippen LogP contribution in [0, 0.1) is 10.1 Å². The fourth-order valence-corrected chi connectivity index (χ4v) is 2.86. The Bertz CT molecular complexity index is 872. The predicted molar refractivity (Wildman–Crippen MR) is 109 cm³/mol. The van der Waals surface area contributed by atoms with Gasteiger partial charge >= 0.3 is 5.69 Å². The summed E-state index contributed by atoms with van der Waals surface area (Å²) < 4.78 is 10.3. The number of benzene rings is 1. The third-order valence-corrected chi connectivity index (χ3v) is 4.48. The third kappa shape index (κ3) is 5.52. The van der Waals surface area contributed by atoms with Crippen LogP contribution < -0.4 is 20.9 Å². The van der Waals surface area contributed by atoms with Crippen LogP contribution in [-0.4, -0.2) is 72.2 Å². The number of rotatable bonds is 9. The molecule has 30 heavy (non-hydrogen) atoms. The zero-order valence-corrected chi connectivity index (χ0v) is 16.5. The van der Waals surface area contributed by atoms with Gasteiger partial charge in [-0.15, -0.1) is 0 Å². The van der Waals surface area contributed by atoms with Crippen LogP contribution in [0.3, 0.4) is 0 Å². The van der Waals surface area contributed by atoms with E-state index in [1.807, 2.05) is 0 Å². The number of morpholine rings is 1. The number of anilines is 2. The lowest BCUT2D eigenvalue weighted by atomic mass is 10.2. The first kappa shape index (κ1) is 21.2. The second-order valence-electron chi connectivity index (χ2n) is 6.37. The molecule has 1 aliphatic rings. The highest BCUT2D eigenvalue weighted by molar-refractivity contribution is 5.95. The van der Waals surface area contributed by atoms with E-state index >= 15 is 0 Å². The molecule has 1 aromatic heterocycles. The topological polar surface area (TPSA) is 144 Å². The first-order valence-corrected chi connectivity index (χ1v) is 9.32. The summed E-state index contributed by atoms with van der Waals surface area (Å²) in [5.74, 6) is 0.0846. The SMILES string of the molecule is COc1ccc(C(=O)NNc2ncnc(NCCN3CCOCC3)c2[N+](=O)[O-])cc1. The number of nitrogens with one attached hydrogen (secondary N) is 3. The molecular formula is C18H23N7O5. The van der Waals surface area contributed by atoms with Crippen LogP contribution in [0.5, 0.6) is 5.75 Å². The van der Waals surface area contributed by atoms with Crippen molar-refractivity contribution in [2.24, 2.45) is 0 Å². The molecule has 3 rings (SSSR count). The van der Waals surface area contributed by atoms with E-state index in [-0.39, 0.29) is 17.3 Å². The van der Waals surface area contributed by atoms with Crippen molar-refractivity contribution < 1.29 is 19.2 Å². The molecule has 0 saturated carbocycles. The number of ether oxygens (including phenoxy) is 2. The number of carbonyl (C=O) groups excluding carboxylic acids is 1. The van der Waals surface area contributed by atoms with E-state index in [1.165, 1.54) is 13.4 Å². The normalized spacial score (nSPS) is 14.0. The van der Waals surface area contributed by atoms with Gasteiger partial charge in [-0.25, -0.2) is 9.97 Å². The number of hydrogen-bond donors (Lipinski definition) is 3. The van der Waals surface area contributed by atoms with Crippen molar-refractivity contribution in [3.63, 3.8) is 0 Å². The molecule has 12 heteroatoms. The smallest absolute Gasteiger partial charge is 0.354 e. The van der Waals surface area contributed by atoms with E-state index in [1.54, 1.807) is 24.3 Å². The van der Waals surface area contributed by atoms with Gasteiger partial charge in [0.05, 0.1) is 25.2 Å². The average Bonchev–Trinajstić information content (AvgIpc) is 2.78. The molecule has 2 aromatic rings. The lowest BCUT2D eigenvalue weighted by Crippen LogP contribution is -2.39. The molecule has 2 heterocycles. The van der Waals surface area contributed by atoms with Gasteiger partial charge in [-0.1, -0.05) is 0 Å². The lowest BCUT2D eigenvalue weighted by Gasteiger charge is -2.26. The molecule has 1 fully saturated rings. The van der Waals surface area contributed by atoms with Crippen LogP contribution in [0.4, 0.5) is 17.3 Å². The second kappa shape index (κ2) is 10.3. The largest absolute Gasteiger partial charge is 0.497 e. The van der Waals surface area contributed by atoms with Gasteiger partial charge in [-0.2, -0.15) is 0 Å². The van der Waals surface area contributed by atoms with Gasteiger partial charge in [-0.3, -0.25) is 30.7 Å². The van der Waals surface area contributed by atoms with Gasteiger partial charge in [0.1, 0.15) is 12.1 Å². The van der Waals surface area contributed by atoms with E-state index in [9.17, 15) is 14.9 Å². The van der Waals surface area contributed by atoms with Gasteiger partial charge < -0.3 is 14.8 Å². The van der Waals surface area contributed by atoms with E-state index in [0.29, 0.717) is 37.6 Å². The van der Waals surface area contributed by atoms with Gasteiger partial charge in [0.15, 0.2) is 0 Å². The van der Waals surface area contributed by atoms with Crippen molar-refractivity contribution in [2.45, 2.75) is 0 Å². The van der Waals surface area contributed by atoms with E-state index in [0.717, 1.165) is 13.1 Å². The number of nitro groups is 1. The lowest BCUT2D eigenvalue weighted by molar-refractivity contribution is -0.383. The number of nitrogens with zero attached hydrogens (tertiary/aromatic N) is 4.